The van der Waals surface area contributed by atoms with Gasteiger partial charge in [-0.15, -0.1) is 0 Å². The molecule has 1 N–H and O–H groups in total. The number of alkyl carbamates (subject to hydrolysis) is 1. The van der Waals surface area contributed by atoms with Crippen molar-refractivity contribution in [3.8, 4) is 5.75 Å². The lowest BCUT2D eigenvalue weighted by Crippen LogP contribution is -2.47. The van der Waals surface area contributed by atoms with E-state index < -0.39 is 0 Å². The average molecular weight is 314 g/mol. The van der Waals surface area contributed by atoms with Crippen LogP contribution in [-0.4, -0.2) is 19.8 Å². The van der Waals surface area contributed by atoms with Crippen LogP contribution in [0.25, 0.3) is 0 Å². The molecule has 0 unspecified atom stereocenters. The van der Waals surface area contributed by atoms with Crippen LogP contribution in [0.5, 0.6) is 5.75 Å². The van der Waals surface area contributed by atoms with E-state index in [1.807, 2.05) is 18.2 Å². The highest BCUT2D eigenvalue weighted by Gasteiger charge is 2.39. The number of rotatable bonds is 2. The minimum atomic E-state index is -0.388. The molecule has 1 aromatic rings. The summed E-state index contributed by atoms with van der Waals surface area (Å²) in [5.41, 5.74) is 0.760. The molecule has 0 bridgehead atoms. The Labute approximate surface area is 115 Å². The topological polar surface area (TPSA) is 47.6 Å². The summed E-state index contributed by atoms with van der Waals surface area (Å²) < 4.78 is 11.4. The molecule has 0 aliphatic carbocycles. The summed E-state index contributed by atoms with van der Waals surface area (Å²) >= 11 is 3.45. The maximum Gasteiger partial charge on any atom is 0.407 e. The predicted molar refractivity (Wildman–Crippen MR) is 71.7 cm³/mol. The number of cyclic esters (lactones) is 1. The number of ether oxygens (including phenoxy) is 2. The van der Waals surface area contributed by atoms with Crippen molar-refractivity contribution < 1.29 is 14.3 Å². The van der Waals surface area contributed by atoms with Crippen molar-refractivity contribution in [2.24, 2.45) is 5.41 Å². The third kappa shape index (κ3) is 2.46. The lowest BCUT2D eigenvalue weighted by atomic mass is 9.80. The van der Waals surface area contributed by atoms with Gasteiger partial charge >= 0.3 is 6.09 Å². The Kier molecular flexibility index (Phi) is 3.52. The van der Waals surface area contributed by atoms with Gasteiger partial charge in [-0.1, -0.05) is 29.8 Å². The van der Waals surface area contributed by atoms with Gasteiger partial charge in [0.05, 0.1) is 13.2 Å². The highest BCUT2D eigenvalue weighted by Crippen LogP contribution is 2.41. The van der Waals surface area contributed by atoms with Gasteiger partial charge in [0.1, 0.15) is 12.4 Å². The zero-order valence-electron chi connectivity index (χ0n) is 10.6. The molecule has 1 saturated heterocycles. The van der Waals surface area contributed by atoms with Gasteiger partial charge < -0.3 is 14.8 Å². The average Bonchev–Trinajstić information content (AvgIpc) is 2.32. The fraction of sp³-hybridized carbons (Fsp3) is 0.462. The minimum absolute atomic E-state index is 0.133. The molecule has 1 fully saturated rings. The van der Waals surface area contributed by atoms with E-state index in [-0.39, 0.29) is 17.6 Å². The molecule has 1 atom stereocenters. The molecule has 0 radical (unpaired) electrons. The van der Waals surface area contributed by atoms with Gasteiger partial charge in [0, 0.05) is 15.5 Å². The molecule has 1 aliphatic rings. The molecule has 5 heteroatoms. The summed E-state index contributed by atoms with van der Waals surface area (Å²) in [5.74, 6) is 0.762. The zero-order valence-corrected chi connectivity index (χ0v) is 12.2. The van der Waals surface area contributed by atoms with Crippen LogP contribution in [0.2, 0.25) is 0 Å². The molecular formula is C13H16BrNO3. The van der Waals surface area contributed by atoms with Crippen LogP contribution in [0.15, 0.2) is 22.7 Å². The summed E-state index contributed by atoms with van der Waals surface area (Å²) in [7, 11) is 1.63. The van der Waals surface area contributed by atoms with Gasteiger partial charge in [-0.25, -0.2) is 4.79 Å². The first-order chi connectivity index (χ1) is 8.44. The van der Waals surface area contributed by atoms with Gasteiger partial charge in [-0.2, -0.15) is 0 Å². The molecule has 0 aromatic heterocycles. The first-order valence-corrected chi connectivity index (χ1v) is 6.50. The van der Waals surface area contributed by atoms with Crippen molar-refractivity contribution in [3.63, 3.8) is 0 Å². The Balaban J connectivity index is 2.45. The largest absolute Gasteiger partial charge is 0.496 e. The number of benzene rings is 1. The number of methoxy groups -OCH3 is 1. The van der Waals surface area contributed by atoms with Crippen molar-refractivity contribution >= 4 is 22.0 Å². The standard InChI is InChI=1S/C13H16BrNO3/c1-13(2)7-18-12(16)15-11(13)9-6-8(14)4-5-10(9)17-3/h4-6,11H,7H2,1-3H3,(H,15,16)/t11-/m1/s1. The Morgan fingerprint density at radius 2 is 2.22 bits per heavy atom. The molecule has 18 heavy (non-hydrogen) atoms. The highest BCUT2D eigenvalue weighted by molar-refractivity contribution is 9.10. The summed E-state index contributed by atoms with van der Waals surface area (Å²) in [6.07, 6.45) is -0.388. The van der Waals surface area contributed by atoms with E-state index in [4.69, 9.17) is 9.47 Å². The van der Waals surface area contributed by atoms with Crippen LogP contribution in [-0.2, 0) is 4.74 Å². The Morgan fingerprint density at radius 1 is 1.50 bits per heavy atom. The first-order valence-electron chi connectivity index (χ1n) is 5.71. The zero-order chi connectivity index (χ0) is 13.3. The Morgan fingerprint density at radius 3 is 2.89 bits per heavy atom. The number of carbonyl (C=O) groups is 1. The van der Waals surface area contributed by atoms with Gasteiger partial charge in [-0.05, 0) is 18.2 Å². The molecule has 1 heterocycles. The smallest absolute Gasteiger partial charge is 0.407 e. The van der Waals surface area contributed by atoms with E-state index in [0.717, 1.165) is 15.8 Å². The maximum atomic E-state index is 11.4. The second-order valence-electron chi connectivity index (χ2n) is 5.03. The second-order valence-corrected chi connectivity index (χ2v) is 5.94. The lowest BCUT2D eigenvalue weighted by Gasteiger charge is -2.39. The van der Waals surface area contributed by atoms with Gasteiger partial charge in [0.15, 0.2) is 0 Å². The highest BCUT2D eigenvalue weighted by atomic mass is 79.9. The molecule has 1 aliphatic heterocycles. The van der Waals surface area contributed by atoms with Gasteiger partial charge in [-0.3, -0.25) is 0 Å². The number of hydrogen-bond donors (Lipinski definition) is 1. The molecule has 1 aromatic carbocycles. The van der Waals surface area contributed by atoms with E-state index in [9.17, 15) is 4.79 Å². The fourth-order valence-corrected chi connectivity index (χ4v) is 2.50. The lowest BCUT2D eigenvalue weighted by molar-refractivity contribution is 0.0381. The van der Waals surface area contributed by atoms with Gasteiger partial charge in [0.25, 0.3) is 0 Å². The van der Waals surface area contributed by atoms with E-state index in [2.05, 4.69) is 35.1 Å². The summed E-state index contributed by atoms with van der Waals surface area (Å²) in [5, 5.41) is 2.86. The summed E-state index contributed by atoms with van der Waals surface area (Å²) in [6.45, 7) is 4.49. The van der Waals surface area contributed by atoms with Crippen LogP contribution >= 0.6 is 15.9 Å². The summed E-state index contributed by atoms with van der Waals surface area (Å²) in [4.78, 5) is 11.4. The molecular weight excluding hydrogens is 298 g/mol. The van der Waals surface area contributed by atoms with E-state index in [0.29, 0.717) is 6.61 Å². The number of halogens is 1. The molecule has 1 amide bonds. The Bertz CT molecular complexity index is 473. The van der Waals surface area contributed by atoms with Crippen LogP contribution in [0.1, 0.15) is 25.5 Å². The summed E-state index contributed by atoms with van der Waals surface area (Å²) in [6, 6.07) is 5.64. The van der Waals surface area contributed by atoms with E-state index in [1.54, 1.807) is 7.11 Å². The molecule has 2 rings (SSSR count). The van der Waals surface area contributed by atoms with Gasteiger partial charge in [0.2, 0.25) is 0 Å². The quantitative estimate of drug-likeness (QED) is 0.911. The second kappa shape index (κ2) is 4.80. The van der Waals surface area contributed by atoms with E-state index >= 15 is 0 Å². The fourth-order valence-electron chi connectivity index (χ4n) is 2.12. The molecule has 0 spiro atoms. The SMILES string of the molecule is COc1ccc(Br)cc1[C@H]1NC(=O)OCC1(C)C. The van der Waals surface area contributed by atoms with Crippen molar-refractivity contribution in [2.45, 2.75) is 19.9 Å². The van der Waals surface area contributed by atoms with Crippen LogP contribution in [0.3, 0.4) is 0 Å². The Hall–Kier alpha value is -1.23. The molecule has 4 nitrogen and oxygen atoms in total. The monoisotopic (exact) mass is 313 g/mol. The van der Waals surface area contributed by atoms with Crippen LogP contribution < -0.4 is 10.1 Å². The number of nitrogens with one attached hydrogen (secondary N) is 1. The number of hydrogen-bond acceptors (Lipinski definition) is 3. The first kappa shape index (κ1) is 13.2. The van der Waals surface area contributed by atoms with Crippen molar-refractivity contribution in [1.82, 2.24) is 5.32 Å². The van der Waals surface area contributed by atoms with E-state index in [1.165, 1.54) is 0 Å². The van der Waals surface area contributed by atoms with Crippen molar-refractivity contribution in [2.75, 3.05) is 13.7 Å². The van der Waals surface area contributed by atoms with Crippen molar-refractivity contribution in [3.05, 3.63) is 28.2 Å². The number of amides is 1. The normalized spacial score (nSPS) is 22.0. The van der Waals surface area contributed by atoms with Crippen LogP contribution in [0, 0.1) is 5.41 Å². The molecule has 0 saturated carbocycles. The predicted octanol–water partition coefficient (Wildman–Crippen LogP) is 3.26. The molecule has 98 valence electrons. The van der Waals surface area contributed by atoms with Crippen molar-refractivity contribution in [1.29, 1.82) is 0 Å². The number of carbonyl (C=O) groups excluding carboxylic acids is 1. The third-order valence-electron chi connectivity index (χ3n) is 3.12. The van der Waals surface area contributed by atoms with Crippen LogP contribution in [0.4, 0.5) is 4.79 Å². The minimum Gasteiger partial charge on any atom is -0.496 e. The third-order valence-corrected chi connectivity index (χ3v) is 3.61. The maximum absolute atomic E-state index is 11.4.